The third-order valence-electron chi connectivity index (χ3n) is 13.8. The third kappa shape index (κ3) is 12.9. The Bertz CT molecular complexity index is 2380. The minimum absolute atomic E-state index is 0.0237. The molecule has 0 spiro atoms. The van der Waals surface area contributed by atoms with Gasteiger partial charge in [0.15, 0.2) is 23.1 Å². The Labute approximate surface area is 393 Å². The van der Waals surface area contributed by atoms with Crippen LogP contribution in [0.2, 0.25) is 0 Å². The summed E-state index contributed by atoms with van der Waals surface area (Å²) in [5.41, 5.74) is 20.0. The van der Waals surface area contributed by atoms with Gasteiger partial charge in [0.05, 0.1) is 25.3 Å². The second-order valence-electron chi connectivity index (χ2n) is 18.8. The molecule has 1 fully saturated rings. The monoisotopic (exact) mass is 917 g/mol. The van der Waals surface area contributed by atoms with E-state index >= 15 is 0 Å². The molecule has 0 saturated heterocycles. The standard InChI is InChI=1S/C54H67N3O6S2/c1-3-4-5-7-36(26-35(2)58)16-21-54-22-17-39(32-54)33-64-65-34-41-30-44-40(29-45(41)53(55)56)8-6-9-48-43(19-24-57-48)51(62)31-46(44)47-27-38(11-14-49(47)60)20-25-63-52-28-37(12-15-50(52)61)10-13-42(59)18-23-54/h11-12,14-15,18-19,23-24,27-30,35-36,39,46,53,57-58,60-61H,3-5,7,9-10,13,16-17,20-22,25-26,31-34,55-56H2,1-2H3/b23-18+/t35-,36+,39-,46-,54+/m0/s1. The van der Waals surface area contributed by atoms with Crippen LogP contribution in [-0.4, -0.2) is 50.3 Å². The Balaban J connectivity index is 1.22. The molecule has 346 valence electrons. The lowest BCUT2D eigenvalue weighted by atomic mass is 9.76. The first-order chi connectivity index (χ1) is 31.4. The van der Waals surface area contributed by atoms with Gasteiger partial charge >= 0.3 is 0 Å². The quantitative estimate of drug-likeness (QED) is 0.0389. The number of nitrogens with one attached hydrogen (secondary N) is 1. The molecular weight excluding hydrogens is 851 g/mol. The van der Waals surface area contributed by atoms with Crippen molar-refractivity contribution in [3.05, 3.63) is 123 Å². The van der Waals surface area contributed by atoms with Crippen molar-refractivity contribution in [3.63, 3.8) is 0 Å². The first kappa shape index (κ1) is 48.5. The Morgan fingerprint density at radius 3 is 2.57 bits per heavy atom. The van der Waals surface area contributed by atoms with E-state index in [1.165, 1.54) is 19.3 Å². The summed E-state index contributed by atoms with van der Waals surface area (Å²) in [5.74, 6) is 9.19. The van der Waals surface area contributed by atoms with Crippen LogP contribution in [0.3, 0.4) is 0 Å². The van der Waals surface area contributed by atoms with Gasteiger partial charge in [0, 0.05) is 65.3 Å². The van der Waals surface area contributed by atoms with Gasteiger partial charge in [-0.2, -0.15) is 0 Å². The van der Waals surface area contributed by atoms with Crippen molar-refractivity contribution in [2.45, 2.75) is 134 Å². The second kappa shape index (κ2) is 22.8. The average molecular weight is 918 g/mol. The number of phenols is 2. The van der Waals surface area contributed by atoms with E-state index in [0.29, 0.717) is 60.1 Å². The van der Waals surface area contributed by atoms with Gasteiger partial charge in [0.2, 0.25) is 0 Å². The third-order valence-corrected chi connectivity index (χ3v) is 16.2. The predicted molar refractivity (Wildman–Crippen MR) is 264 cm³/mol. The molecule has 11 heteroatoms. The zero-order valence-corrected chi connectivity index (χ0v) is 39.7. The smallest absolute Gasteiger partial charge is 0.165 e. The normalized spacial score (nSPS) is 22.1. The largest absolute Gasteiger partial charge is 0.508 e. The Morgan fingerprint density at radius 2 is 1.77 bits per heavy atom. The number of aryl methyl sites for hydroxylation is 1. The summed E-state index contributed by atoms with van der Waals surface area (Å²) in [6.45, 7) is 4.37. The molecular formula is C54H67N3O6S2. The molecule has 1 saturated carbocycles. The highest BCUT2D eigenvalue weighted by Crippen LogP contribution is 2.50. The van der Waals surface area contributed by atoms with Gasteiger partial charge in [-0.05, 0) is 133 Å². The van der Waals surface area contributed by atoms with Crippen LogP contribution in [0.25, 0.3) is 0 Å². The molecule has 4 aromatic rings. The fourth-order valence-corrected chi connectivity index (χ4v) is 12.7. The van der Waals surface area contributed by atoms with Crippen LogP contribution in [0.5, 0.6) is 17.2 Å². The summed E-state index contributed by atoms with van der Waals surface area (Å²) in [6, 6.07) is 16.6. The molecule has 0 amide bonds. The van der Waals surface area contributed by atoms with Crippen LogP contribution >= 0.6 is 21.6 Å². The van der Waals surface area contributed by atoms with E-state index < -0.39 is 12.1 Å². The minimum Gasteiger partial charge on any atom is -0.508 e. The van der Waals surface area contributed by atoms with Crippen LogP contribution in [-0.2, 0) is 29.8 Å². The van der Waals surface area contributed by atoms with Gasteiger partial charge in [-0.3, -0.25) is 9.59 Å². The Kier molecular flexibility index (Phi) is 17.0. The molecule has 0 unspecified atom stereocenters. The molecule has 2 heterocycles. The Hall–Kier alpha value is -4.44. The summed E-state index contributed by atoms with van der Waals surface area (Å²) in [4.78, 5) is 30.9. The van der Waals surface area contributed by atoms with Gasteiger partial charge in [-0.15, -0.1) is 0 Å². The average Bonchev–Trinajstić information content (AvgIpc) is 3.93. The number of unbranched alkanes of at least 4 members (excludes halogenated alkanes) is 2. The molecule has 7 rings (SSSR count). The number of aromatic hydroxyl groups is 2. The van der Waals surface area contributed by atoms with Crippen LogP contribution in [0.15, 0.2) is 72.9 Å². The number of aliphatic hydroxyl groups is 1. The number of hydrogen-bond acceptors (Lipinski definition) is 10. The molecule has 0 radical (unpaired) electrons. The number of carbonyl (C=O) groups excluding carboxylic acids is 2. The fourth-order valence-electron chi connectivity index (χ4n) is 10.2. The molecule has 8 bridgehead atoms. The van der Waals surface area contributed by atoms with Gasteiger partial charge in [0.1, 0.15) is 5.75 Å². The van der Waals surface area contributed by atoms with Crippen molar-refractivity contribution >= 4 is 33.2 Å². The SMILES string of the molecule is CCCCC[C@H](CC[C@]12/C=C/C(=O)CCc3ccc(O)c(c3)OCCc3ccc(O)c(c3)[C@H]3CC(=O)c4cc[nH]c4CC#Cc4cc(C(N)N)c(cc43)CSSC[C@@H](CC1)C2)C[C@H](C)O. The molecule has 65 heavy (non-hydrogen) atoms. The molecule has 2 aliphatic carbocycles. The number of hydrogen-bond donors (Lipinski definition) is 6. The molecule has 1 aromatic heterocycles. The van der Waals surface area contributed by atoms with E-state index in [0.717, 1.165) is 89.8 Å². The number of H-pyrrole nitrogens is 1. The fraction of sp³-hybridized carbons (Fsp3) is 0.481. The number of aliphatic hydroxyl groups excluding tert-OH is 1. The van der Waals surface area contributed by atoms with E-state index in [1.807, 2.05) is 60.2 Å². The van der Waals surface area contributed by atoms with Crippen molar-refractivity contribution in [2.24, 2.45) is 28.7 Å². The van der Waals surface area contributed by atoms with Gasteiger partial charge in [-0.25, -0.2) is 0 Å². The number of rotatable bonds is 10. The highest BCUT2D eigenvalue weighted by molar-refractivity contribution is 8.76. The summed E-state index contributed by atoms with van der Waals surface area (Å²) < 4.78 is 6.17. The maximum absolute atomic E-state index is 14.2. The number of phenolic OH excluding ortho intramolecular Hbond substituents is 2. The molecule has 3 aromatic carbocycles. The molecule has 5 atom stereocenters. The zero-order chi connectivity index (χ0) is 45.9. The summed E-state index contributed by atoms with van der Waals surface area (Å²) in [6.07, 6.45) is 17.2. The zero-order valence-electron chi connectivity index (χ0n) is 38.1. The van der Waals surface area contributed by atoms with E-state index in [2.05, 4.69) is 35.9 Å². The van der Waals surface area contributed by atoms with E-state index in [-0.39, 0.29) is 47.6 Å². The highest BCUT2D eigenvalue weighted by Gasteiger charge is 2.37. The highest BCUT2D eigenvalue weighted by atomic mass is 33.1. The van der Waals surface area contributed by atoms with Crippen molar-refractivity contribution in [1.82, 2.24) is 4.98 Å². The number of ketones is 2. The summed E-state index contributed by atoms with van der Waals surface area (Å²) in [7, 11) is 3.63. The van der Waals surface area contributed by atoms with E-state index in [4.69, 9.17) is 16.2 Å². The number of allylic oxidation sites excluding steroid dienone is 2. The molecule has 1 aliphatic heterocycles. The number of ether oxygens (including phenoxy) is 1. The number of Topliss-reactive ketones (excluding diaryl/α,β-unsaturated/α-hetero) is 1. The number of fused-ring (bicyclic) bond motifs is 9. The van der Waals surface area contributed by atoms with Crippen molar-refractivity contribution in [2.75, 3.05) is 12.4 Å². The minimum atomic E-state index is -0.745. The number of benzene rings is 3. The molecule has 9 nitrogen and oxygen atoms in total. The van der Waals surface area contributed by atoms with Crippen LogP contribution in [0, 0.1) is 29.1 Å². The first-order valence-corrected chi connectivity index (χ1v) is 26.2. The van der Waals surface area contributed by atoms with Crippen molar-refractivity contribution < 1.29 is 29.6 Å². The molecule has 8 N–H and O–H groups in total. The lowest BCUT2D eigenvalue weighted by Crippen LogP contribution is -2.22. The maximum Gasteiger partial charge on any atom is 0.165 e. The lowest BCUT2D eigenvalue weighted by molar-refractivity contribution is -0.114. The summed E-state index contributed by atoms with van der Waals surface area (Å²) >= 11 is 0. The lowest BCUT2D eigenvalue weighted by Gasteiger charge is -2.29. The second-order valence-corrected chi connectivity index (χ2v) is 21.3. The van der Waals surface area contributed by atoms with E-state index in [9.17, 15) is 24.9 Å². The van der Waals surface area contributed by atoms with Gasteiger partial charge < -0.3 is 36.5 Å². The number of carbonyl (C=O) groups is 2. The van der Waals surface area contributed by atoms with E-state index in [1.54, 1.807) is 29.1 Å². The Morgan fingerprint density at radius 1 is 0.954 bits per heavy atom. The molecule has 3 aliphatic rings. The number of nitrogens with two attached hydrogens (primary N) is 2. The number of aromatic amines is 1. The van der Waals surface area contributed by atoms with Crippen molar-refractivity contribution in [3.8, 4) is 29.1 Å². The van der Waals surface area contributed by atoms with Crippen LogP contribution in [0.4, 0.5) is 0 Å². The van der Waals surface area contributed by atoms with Gasteiger partial charge in [-0.1, -0.05) is 96.4 Å². The van der Waals surface area contributed by atoms with Crippen LogP contribution in [0.1, 0.15) is 158 Å². The summed E-state index contributed by atoms with van der Waals surface area (Å²) in [5, 5.41) is 32.8. The van der Waals surface area contributed by atoms with Crippen molar-refractivity contribution in [1.29, 1.82) is 0 Å². The number of aromatic nitrogens is 1. The van der Waals surface area contributed by atoms with Crippen LogP contribution < -0.4 is 16.2 Å². The maximum atomic E-state index is 14.2. The predicted octanol–water partition coefficient (Wildman–Crippen LogP) is 10.8. The first-order valence-electron chi connectivity index (χ1n) is 23.7. The van der Waals surface area contributed by atoms with Gasteiger partial charge in [0.25, 0.3) is 0 Å². The topological polar surface area (TPSA) is 172 Å².